The van der Waals surface area contributed by atoms with Crippen LogP contribution in [0.2, 0.25) is 0 Å². The molecule has 0 aromatic carbocycles. The van der Waals surface area contributed by atoms with Crippen molar-refractivity contribution in [3.05, 3.63) is 6.33 Å². The average molecular weight is 240 g/mol. The van der Waals surface area contributed by atoms with Crippen molar-refractivity contribution in [1.29, 1.82) is 0 Å². The molecule has 2 heterocycles. The highest BCUT2D eigenvalue weighted by molar-refractivity contribution is 5.83. The minimum absolute atomic E-state index is 0.0112. The van der Waals surface area contributed by atoms with Crippen LogP contribution < -0.4 is 5.73 Å². The van der Waals surface area contributed by atoms with Crippen LogP contribution in [0.15, 0.2) is 6.33 Å². The fourth-order valence-corrected chi connectivity index (χ4v) is 1.71. The number of carbonyl (C=O) groups is 2. The molecule has 1 amide bonds. The molecule has 92 valence electrons. The number of carboxylic acids is 1. The minimum atomic E-state index is -1.34. The van der Waals surface area contributed by atoms with Crippen molar-refractivity contribution in [3.8, 4) is 0 Å². The van der Waals surface area contributed by atoms with Gasteiger partial charge < -0.3 is 15.7 Å². The second kappa shape index (κ2) is 4.09. The van der Waals surface area contributed by atoms with Crippen LogP contribution in [-0.2, 0) is 16.1 Å². The highest BCUT2D eigenvalue weighted by Gasteiger charge is 2.42. The quantitative estimate of drug-likeness (QED) is 0.607. The van der Waals surface area contributed by atoms with E-state index >= 15 is 0 Å². The third-order valence-electron chi connectivity index (χ3n) is 2.77. The molecule has 1 aromatic rings. The monoisotopic (exact) mass is 240 g/mol. The Morgan fingerprint density at radius 2 is 2.29 bits per heavy atom. The summed E-state index contributed by atoms with van der Waals surface area (Å²) in [6.07, 6.45) is 1.57. The van der Waals surface area contributed by atoms with Gasteiger partial charge in [0, 0.05) is 13.1 Å². The lowest BCUT2D eigenvalue weighted by Crippen LogP contribution is -2.50. The highest BCUT2D eigenvalue weighted by Crippen LogP contribution is 2.19. The summed E-state index contributed by atoms with van der Waals surface area (Å²) in [6.45, 7) is 0.343. The number of hydrogen-bond acceptors (Lipinski definition) is 6. The van der Waals surface area contributed by atoms with Gasteiger partial charge in [-0.2, -0.15) is 0 Å². The lowest BCUT2D eigenvalue weighted by Gasteiger charge is -2.19. The number of carbonyl (C=O) groups excluding carboxylic acids is 1. The molecule has 1 aromatic heterocycles. The first-order valence-electron chi connectivity index (χ1n) is 5.02. The number of carboxylic acid groups (broad SMARTS) is 1. The number of likely N-dealkylation sites (tertiary alicyclic amines) is 1. The fourth-order valence-electron chi connectivity index (χ4n) is 1.71. The SMILES string of the molecule is NC1(C(=O)O)CCN(C(=O)Cn2cnnn2)C1. The molecule has 0 bridgehead atoms. The van der Waals surface area contributed by atoms with E-state index < -0.39 is 11.5 Å². The summed E-state index contributed by atoms with van der Waals surface area (Å²) in [6, 6.07) is 0. The summed E-state index contributed by atoms with van der Waals surface area (Å²) in [5, 5.41) is 19.3. The molecule has 1 aliphatic rings. The predicted octanol–water partition coefficient (Wildman–Crippen LogP) is -2.31. The van der Waals surface area contributed by atoms with Gasteiger partial charge in [0.1, 0.15) is 18.4 Å². The lowest BCUT2D eigenvalue weighted by atomic mass is 10.0. The molecule has 0 saturated carbocycles. The zero-order chi connectivity index (χ0) is 12.5. The molecular formula is C8H12N6O3. The first-order valence-corrected chi connectivity index (χ1v) is 5.02. The topological polar surface area (TPSA) is 127 Å². The third-order valence-corrected chi connectivity index (χ3v) is 2.77. The second-order valence-electron chi connectivity index (χ2n) is 4.03. The molecule has 3 N–H and O–H groups in total. The van der Waals surface area contributed by atoms with E-state index in [9.17, 15) is 9.59 Å². The van der Waals surface area contributed by atoms with Gasteiger partial charge in [0.2, 0.25) is 5.91 Å². The standard InChI is InChI=1S/C8H12N6O3/c9-8(7(16)17)1-2-13(4-8)6(15)3-14-5-10-11-12-14/h5H,1-4,9H2,(H,16,17). The van der Waals surface area contributed by atoms with E-state index in [0.717, 1.165) is 0 Å². The first kappa shape index (κ1) is 11.5. The number of aliphatic carboxylic acids is 1. The van der Waals surface area contributed by atoms with E-state index in [-0.39, 0.29) is 25.4 Å². The van der Waals surface area contributed by atoms with E-state index in [1.165, 1.54) is 15.9 Å². The van der Waals surface area contributed by atoms with E-state index in [1.54, 1.807) is 0 Å². The molecule has 9 heteroatoms. The number of tetrazole rings is 1. The van der Waals surface area contributed by atoms with Gasteiger partial charge in [-0.25, -0.2) is 4.68 Å². The minimum Gasteiger partial charge on any atom is -0.480 e. The van der Waals surface area contributed by atoms with Gasteiger partial charge in [0.15, 0.2) is 0 Å². The summed E-state index contributed by atoms with van der Waals surface area (Å²) in [5.41, 5.74) is 4.33. The Hall–Kier alpha value is -2.03. The van der Waals surface area contributed by atoms with Crippen molar-refractivity contribution in [2.75, 3.05) is 13.1 Å². The van der Waals surface area contributed by atoms with Gasteiger partial charge in [-0.3, -0.25) is 9.59 Å². The zero-order valence-electron chi connectivity index (χ0n) is 8.98. The van der Waals surface area contributed by atoms with Gasteiger partial charge in [0.05, 0.1) is 0 Å². The summed E-state index contributed by atoms with van der Waals surface area (Å²) in [5.74, 6) is -1.33. The number of aromatic nitrogens is 4. The average Bonchev–Trinajstić information content (AvgIpc) is 2.88. The van der Waals surface area contributed by atoms with E-state index in [0.29, 0.717) is 6.54 Å². The van der Waals surface area contributed by atoms with Gasteiger partial charge >= 0.3 is 5.97 Å². The molecule has 1 unspecified atom stereocenters. The Kier molecular flexibility index (Phi) is 2.76. The molecule has 2 rings (SSSR count). The van der Waals surface area contributed by atoms with Crippen LogP contribution in [0.4, 0.5) is 0 Å². The van der Waals surface area contributed by atoms with E-state index in [1.807, 2.05) is 0 Å². The maximum Gasteiger partial charge on any atom is 0.325 e. The second-order valence-corrected chi connectivity index (χ2v) is 4.03. The van der Waals surface area contributed by atoms with Gasteiger partial charge in [-0.15, -0.1) is 5.10 Å². The van der Waals surface area contributed by atoms with Crippen molar-refractivity contribution < 1.29 is 14.7 Å². The van der Waals surface area contributed by atoms with Crippen molar-refractivity contribution in [2.24, 2.45) is 5.73 Å². The molecule has 1 aliphatic heterocycles. The Bertz CT molecular complexity index is 432. The Balaban J connectivity index is 1.97. The Labute approximate surface area is 96.2 Å². The molecule has 0 radical (unpaired) electrons. The van der Waals surface area contributed by atoms with Gasteiger partial charge in [0.25, 0.3) is 0 Å². The summed E-state index contributed by atoms with van der Waals surface area (Å²) >= 11 is 0. The van der Waals surface area contributed by atoms with Crippen molar-refractivity contribution in [2.45, 2.75) is 18.5 Å². The lowest BCUT2D eigenvalue weighted by molar-refractivity contribution is -0.143. The summed E-state index contributed by atoms with van der Waals surface area (Å²) < 4.78 is 1.28. The van der Waals surface area contributed by atoms with Crippen LogP contribution in [0, 0.1) is 0 Å². The van der Waals surface area contributed by atoms with E-state index in [4.69, 9.17) is 10.8 Å². The zero-order valence-corrected chi connectivity index (χ0v) is 8.98. The van der Waals surface area contributed by atoms with E-state index in [2.05, 4.69) is 15.5 Å². The highest BCUT2D eigenvalue weighted by atomic mass is 16.4. The largest absolute Gasteiger partial charge is 0.480 e. The maximum atomic E-state index is 11.8. The van der Waals surface area contributed by atoms with Gasteiger partial charge in [-0.1, -0.05) is 0 Å². The molecule has 1 saturated heterocycles. The summed E-state index contributed by atoms with van der Waals surface area (Å²) in [7, 11) is 0. The number of nitrogens with zero attached hydrogens (tertiary/aromatic N) is 5. The van der Waals surface area contributed by atoms with Crippen molar-refractivity contribution in [1.82, 2.24) is 25.1 Å². The molecule has 0 aliphatic carbocycles. The molecular weight excluding hydrogens is 228 g/mol. The predicted molar refractivity (Wildman–Crippen MR) is 53.6 cm³/mol. The maximum absolute atomic E-state index is 11.8. The summed E-state index contributed by atoms with van der Waals surface area (Å²) in [4.78, 5) is 24.1. The van der Waals surface area contributed by atoms with Crippen molar-refractivity contribution >= 4 is 11.9 Å². The van der Waals surface area contributed by atoms with Crippen LogP contribution in [0.3, 0.4) is 0 Å². The van der Waals surface area contributed by atoms with Crippen LogP contribution in [0.25, 0.3) is 0 Å². The van der Waals surface area contributed by atoms with Crippen molar-refractivity contribution in [3.63, 3.8) is 0 Å². The first-order chi connectivity index (χ1) is 8.01. The molecule has 1 fully saturated rings. The molecule has 9 nitrogen and oxygen atoms in total. The van der Waals surface area contributed by atoms with Gasteiger partial charge in [-0.05, 0) is 16.8 Å². The third kappa shape index (κ3) is 2.23. The van der Waals surface area contributed by atoms with Crippen LogP contribution in [0.1, 0.15) is 6.42 Å². The molecule has 1 atom stereocenters. The normalized spacial score (nSPS) is 23.9. The molecule has 0 spiro atoms. The van der Waals surface area contributed by atoms with Crippen LogP contribution in [0.5, 0.6) is 0 Å². The molecule has 17 heavy (non-hydrogen) atoms. The Morgan fingerprint density at radius 1 is 1.53 bits per heavy atom. The Morgan fingerprint density at radius 3 is 2.82 bits per heavy atom. The number of rotatable bonds is 3. The number of amides is 1. The number of nitrogens with two attached hydrogens (primary N) is 1. The van der Waals surface area contributed by atoms with Crippen LogP contribution in [-0.4, -0.2) is 60.7 Å². The fraction of sp³-hybridized carbons (Fsp3) is 0.625. The van der Waals surface area contributed by atoms with Crippen LogP contribution >= 0.6 is 0 Å². The number of hydrogen-bond donors (Lipinski definition) is 2. The smallest absolute Gasteiger partial charge is 0.325 e.